The van der Waals surface area contributed by atoms with Gasteiger partial charge in [-0.15, -0.1) is 0 Å². The lowest BCUT2D eigenvalue weighted by molar-refractivity contribution is -0.152. The average molecular weight is 284 g/mol. The first kappa shape index (κ1) is 15.3. The van der Waals surface area contributed by atoms with E-state index in [9.17, 15) is 14.7 Å². The largest absolute Gasteiger partial charge is 0.481 e. The molecule has 2 fully saturated rings. The molecule has 114 valence electrons. The van der Waals surface area contributed by atoms with E-state index in [2.05, 4.69) is 10.6 Å². The Kier molecular flexibility index (Phi) is 4.99. The van der Waals surface area contributed by atoms with Crippen LogP contribution in [0.3, 0.4) is 0 Å². The van der Waals surface area contributed by atoms with Crippen LogP contribution in [0, 0.1) is 5.41 Å². The maximum Gasteiger partial charge on any atom is 0.311 e. The summed E-state index contributed by atoms with van der Waals surface area (Å²) in [5, 5.41) is 15.5. The molecule has 0 radical (unpaired) electrons. The highest BCUT2D eigenvalue weighted by molar-refractivity contribution is 5.80. The Hall–Kier alpha value is -1.14. The van der Waals surface area contributed by atoms with Crippen molar-refractivity contribution in [3.8, 4) is 0 Å². The summed E-state index contributed by atoms with van der Waals surface area (Å²) in [5.74, 6) is -0.934. The number of ether oxygens (including phenoxy) is 1. The molecule has 1 aliphatic heterocycles. The SMILES string of the molecule is CC1(C(=O)O)CCCCC1NC(=O)CC1CNCCO1. The number of aliphatic carboxylic acids is 1. The van der Waals surface area contributed by atoms with Gasteiger partial charge in [-0.3, -0.25) is 9.59 Å². The fourth-order valence-corrected chi connectivity index (χ4v) is 3.03. The highest BCUT2D eigenvalue weighted by Crippen LogP contribution is 2.36. The van der Waals surface area contributed by atoms with E-state index in [0.29, 0.717) is 26.0 Å². The number of hydrogen-bond donors (Lipinski definition) is 3. The molecule has 3 N–H and O–H groups in total. The number of amides is 1. The fourth-order valence-electron chi connectivity index (χ4n) is 3.03. The van der Waals surface area contributed by atoms with Gasteiger partial charge in [-0.2, -0.15) is 0 Å². The lowest BCUT2D eigenvalue weighted by Crippen LogP contribution is -2.53. The van der Waals surface area contributed by atoms with Crippen molar-refractivity contribution in [2.24, 2.45) is 5.41 Å². The third-order valence-electron chi connectivity index (χ3n) is 4.45. The van der Waals surface area contributed by atoms with Gasteiger partial charge in [0.25, 0.3) is 0 Å². The molecule has 1 amide bonds. The molecule has 3 atom stereocenters. The van der Waals surface area contributed by atoms with Crippen molar-refractivity contribution in [3.63, 3.8) is 0 Å². The second kappa shape index (κ2) is 6.54. The van der Waals surface area contributed by atoms with Gasteiger partial charge in [0.2, 0.25) is 5.91 Å². The van der Waals surface area contributed by atoms with Crippen LogP contribution in [0.4, 0.5) is 0 Å². The zero-order valence-electron chi connectivity index (χ0n) is 12.0. The molecule has 0 bridgehead atoms. The minimum Gasteiger partial charge on any atom is -0.481 e. The van der Waals surface area contributed by atoms with Crippen LogP contribution in [-0.2, 0) is 14.3 Å². The number of carbonyl (C=O) groups excluding carboxylic acids is 1. The first-order valence-electron chi connectivity index (χ1n) is 7.37. The Bertz CT molecular complexity index is 368. The van der Waals surface area contributed by atoms with Gasteiger partial charge in [-0.1, -0.05) is 12.8 Å². The molecule has 3 unspecified atom stereocenters. The average Bonchev–Trinajstić information content (AvgIpc) is 2.42. The third kappa shape index (κ3) is 3.49. The van der Waals surface area contributed by atoms with Crippen molar-refractivity contribution < 1.29 is 19.4 Å². The summed E-state index contributed by atoms with van der Waals surface area (Å²) < 4.78 is 5.50. The van der Waals surface area contributed by atoms with Crippen LogP contribution in [-0.4, -0.2) is 48.8 Å². The van der Waals surface area contributed by atoms with Gasteiger partial charge in [0.05, 0.1) is 24.5 Å². The molecule has 0 spiro atoms. The van der Waals surface area contributed by atoms with E-state index in [1.807, 2.05) is 0 Å². The molecule has 1 heterocycles. The Morgan fingerprint density at radius 2 is 2.25 bits per heavy atom. The Balaban J connectivity index is 1.89. The van der Waals surface area contributed by atoms with Gasteiger partial charge < -0.3 is 20.5 Å². The van der Waals surface area contributed by atoms with E-state index in [4.69, 9.17) is 4.74 Å². The van der Waals surface area contributed by atoms with Crippen LogP contribution in [0.25, 0.3) is 0 Å². The van der Waals surface area contributed by atoms with Crippen LogP contribution in [0.1, 0.15) is 39.0 Å². The minimum absolute atomic E-state index is 0.108. The number of morpholine rings is 1. The van der Waals surface area contributed by atoms with Crippen molar-refractivity contribution >= 4 is 11.9 Å². The van der Waals surface area contributed by atoms with Crippen LogP contribution in [0.5, 0.6) is 0 Å². The van der Waals surface area contributed by atoms with E-state index in [1.54, 1.807) is 6.92 Å². The molecule has 0 aromatic heterocycles. The quantitative estimate of drug-likeness (QED) is 0.700. The molecule has 20 heavy (non-hydrogen) atoms. The fraction of sp³-hybridized carbons (Fsp3) is 0.857. The summed E-state index contributed by atoms with van der Waals surface area (Å²) in [6, 6.07) is -0.280. The highest BCUT2D eigenvalue weighted by atomic mass is 16.5. The zero-order chi connectivity index (χ0) is 14.6. The first-order chi connectivity index (χ1) is 9.52. The summed E-state index contributed by atoms with van der Waals surface area (Å²) in [7, 11) is 0. The maximum atomic E-state index is 12.1. The molecular weight excluding hydrogens is 260 g/mol. The zero-order valence-corrected chi connectivity index (χ0v) is 12.0. The van der Waals surface area contributed by atoms with Gasteiger partial charge in [0.15, 0.2) is 0 Å². The summed E-state index contributed by atoms with van der Waals surface area (Å²) in [6.07, 6.45) is 3.41. The van der Waals surface area contributed by atoms with E-state index in [1.165, 1.54) is 0 Å². The topological polar surface area (TPSA) is 87.7 Å². The van der Waals surface area contributed by atoms with E-state index < -0.39 is 11.4 Å². The predicted molar refractivity (Wildman–Crippen MR) is 73.4 cm³/mol. The smallest absolute Gasteiger partial charge is 0.311 e. The molecule has 2 aliphatic rings. The second-order valence-corrected chi connectivity index (χ2v) is 5.99. The Morgan fingerprint density at radius 3 is 2.90 bits per heavy atom. The molecule has 0 aromatic carbocycles. The monoisotopic (exact) mass is 284 g/mol. The molecule has 1 aliphatic carbocycles. The maximum absolute atomic E-state index is 12.1. The second-order valence-electron chi connectivity index (χ2n) is 5.99. The highest BCUT2D eigenvalue weighted by Gasteiger charge is 2.43. The van der Waals surface area contributed by atoms with Crippen molar-refractivity contribution in [1.29, 1.82) is 0 Å². The molecule has 2 rings (SSSR count). The van der Waals surface area contributed by atoms with Gasteiger partial charge in [0.1, 0.15) is 0 Å². The minimum atomic E-state index is -0.848. The molecule has 1 saturated carbocycles. The molecular formula is C14H24N2O4. The number of carboxylic acid groups (broad SMARTS) is 1. The van der Waals surface area contributed by atoms with Crippen LogP contribution < -0.4 is 10.6 Å². The van der Waals surface area contributed by atoms with Gasteiger partial charge >= 0.3 is 5.97 Å². The van der Waals surface area contributed by atoms with Crippen molar-refractivity contribution in [2.75, 3.05) is 19.7 Å². The van der Waals surface area contributed by atoms with Gasteiger partial charge in [-0.25, -0.2) is 0 Å². The Morgan fingerprint density at radius 1 is 1.45 bits per heavy atom. The van der Waals surface area contributed by atoms with Crippen molar-refractivity contribution in [2.45, 2.75) is 51.2 Å². The van der Waals surface area contributed by atoms with E-state index in [0.717, 1.165) is 25.8 Å². The third-order valence-corrected chi connectivity index (χ3v) is 4.45. The number of rotatable bonds is 4. The van der Waals surface area contributed by atoms with E-state index in [-0.39, 0.29) is 18.1 Å². The molecule has 6 heteroatoms. The number of carboxylic acids is 1. The number of carbonyl (C=O) groups is 2. The molecule has 6 nitrogen and oxygen atoms in total. The summed E-state index contributed by atoms with van der Waals surface area (Å²) in [5.41, 5.74) is -0.848. The Labute approximate surface area is 119 Å². The van der Waals surface area contributed by atoms with Crippen LogP contribution in [0.15, 0.2) is 0 Å². The number of nitrogens with one attached hydrogen (secondary N) is 2. The van der Waals surface area contributed by atoms with E-state index >= 15 is 0 Å². The summed E-state index contributed by atoms with van der Waals surface area (Å²) >= 11 is 0. The van der Waals surface area contributed by atoms with Crippen LogP contribution >= 0.6 is 0 Å². The lowest BCUT2D eigenvalue weighted by atomic mass is 9.71. The first-order valence-corrected chi connectivity index (χ1v) is 7.37. The van der Waals surface area contributed by atoms with Gasteiger partial charge in [0, 0.05) is 19.1 Å². The predicted octanol–water partition coefficient (Wildman–Crippen LogP) is 0.515. The van der Waals surface area contributed by atoms with Crippen molar-refractivity contribution in [1.82, 2.24) is 10.6 Å². The standard InChI is InChI=1S/C14H24N2O4/c1-14(13(18)19)5-3-2-4-11(14)16-12(17)8-10-9-15-6-7-20-10/h10-11,15H,2-9H2,1H3,(H,16,17)(H,18,19). The van der Waals surface area contributed by atoms with Crippen molar-refractivity contribution in [3.05, 3.63) is 0 Å². The van der Waals surface area contributed by atoms with Gasteiger partial charge in [-0.05, 0) is 19.8 Å². The molecule has 1 saturated heterocycles. The summed E-state index contributed by atoms with van der Waals surface area (Å²) in [6.45, 7) is 3.85. The molecule has 0 aromatic rings. The summed E-state index contributed by atoms with van der Waals surface area (Å²) in [4.78, 5) is 23.6. The normalized spacial score (nSPS) is 34.5. The lowest BCUT2D eigenvalue weighted by Gasteiger charge is -2.38. The number of hydrogen-bond acceptors (Lipinski definition) is 4. The van der Waals surface area contributed by atoms with Crippen LogP contribution in [0.2, 0.25) is 0 Å².